The molecule has 2 heterocycles. The minimum Gasteiger partial charge on any atom is -0.296 e. The van der Waals surface area contributed by atoms with Crippen LogP contribution >= 0.6 is 0 Å². The van der Waals surface area contributed by atoms with Crippen molar-refractivity contribution >= 4 is 17.6 Å². The lowest BCUT2D eigenvalue weighted by molar-refractivity contribution is -0.134. The van der Waals surface area contributed by atoms with Gasteiger partial charge in [0.2, 0.25) is 11.8 Å². The Morgan fingerprint density at radius 2 is 1.73 bits per heavy atom. The Bertz CT molecular complexity index is 869. The third kappa shape index (κ3) is 3.07. The van der Waals surface area contributed by atoms with Crippen LogP contribution in [0, 0.1) is 11.8 Å². The van der Waals surface area contributed by atoms with Gasteiger partial charge in [-0.3, -0.25) is 19.7 Å². The topological polar surface area (TPSA) is 81.1 Å². The molecule has 6 heteroatoms. The number of amides is 2. The third-order valence-corrected chi connectivity index (χ3v) is 5.12. The number of aromatic nitrogens is 2. The fourth-order valence-corrected chi connectivity index (χ4v) is 4.03. The van der Waals surface area contributed by atoms with Crippen molar-refractivity contribution < 1.29 is 14.4 Å². The molecule has 2 aromatic rings. The molecule has 1 aromatic heterocycles. The highest BCUT2D eigenvalue weighted by Gasteiger charge is 2.33. The van der Waals surface area contributed by atoms with Gasteiger partial charge in [0, 0.05) is 19.3 Å². The van der Waals surface area contributed by atoms with Crippen molar-refractivity contribution in [2.75, 3.05) is 0 Å². The van der Waals surface area contributed by atoms with E-state index in [1.807, 2.05) is 35.0 Å². The summed E-state index contributed by atoms with van der Waals surface area (Å²) in [5.41, 5.74) is 3.29. The Hall–Kier alpha value is -2.76. The van der Waals surface area contributed by atoms with Crippen molar-refractivity contribution in [2.45, 2.75) is 39.0 Å². The second-order valence-electron chi connectivity index (χ2n) is 7.40. The highest BCUT2D eigenvalue weighted by molar-refractivity contribution is 6.00. The van der Waals surface area contributed by atoms with Gasteiger partial charge in [-0.1, -0.05) is 25.1 Å². The maximum Gasteiger partial charge on any atom is 0.226 e. The first-order valence-corrected chi connectivity index (χ1v) is 9.03. The summed E-state index contributed by atoms with van der Waals surface area (Å²) in [4.78, 5) is 36.1. The second kappa shape index (κ2) is 6.52. The minimum atomic E-state index is -0.248. The van der Waals surface area contributed by atoms with Crippen LogP contribution in [0.2, 0.25) is 0 Å². The monoisotopic (exact) mass is 351 g/mol. The Morgan fingerprint density at radius 1 is 1.04 bits per heavy atom. The van der Waals surface area contributed by atoms with Crippen LogP contribution in [0.1, 0.15) is 47.9 Å². The van der Waals surface area contributed by atoms with Crippen molar-refractivity contribution in [3.63, 3.8) is 0 Å². The summed E-state index contributed by atoms with van der Waals surface area (Å²) in [5.74, 6) is -0.205. The Kier molecular flexibility index (Phi) is 4.18. The molecule has 0 spiro atoms. The van der Waals surface area contributed by atoms with Gasteiger partial charge in [0.25, 0.3) is 0 Å². The third-order valence-electron chi connectivity index (χ3n) is 5.12. The van der Waals surface area contributed by atoms with Crippen LogP contribution in [0.25, 0.3) is 5.69 Å². The summed E-state index contributed by atoms with van der Waals surface area (Å²) in [6, 6.07) is 9.78. The molecule has 0 radical (unpaired) electrons. The van der Waals surface area contributed by atoms with Crippen LogP contribution in [0.3, 0.4) is 0 Å². The van der Waals surface area contributed by atoms with E-state index in [2.05, 4.69) is 12.2 Å². The molecule has 4 rings (SSSR count). The number of hydrogen-bond acceptors (Lipinski definition) is 4. The number of carbonyl (C=O) groups is 3. The molecule has 26 heavy (non-hydrogen) atoms. The SMILES string of the molecule is C[C@@H]1CC(=O)c2c(CC3CC(=O)NC(=O)C3)nn(-c3ccccc3)c2C1. The first-order valence-electron chi connectivity index (χ1n) is 9.03. The number of imide groups is 1. The van der Waals surface area contributed by atoms with Gasteiger partial charge in [0.1, 0.15) is 0 Å². The predicted molar refractivity (Wildman–Crippen MR) is 95.0 cm³/mol. The van der Waals surface area contributed by atoms with E-state index in [-0.39, 0.29) is 29.4 Å². The van der Waals surface area contributed by atoms with Crippen molar-refractivity contribution in [3.05, 3.63) is 47.3 Å². The first kappa shape index (κ1) is 16.7. The van der Waals surface area contributed by atoms with Crippen LogP contribution in [-0.2, 0) is 22.4 Å². The standard InChI is InChI=1S/C20H21N3O3/c1-12-7-16-20(17(24)8-12)15(9-13-10-18(25)21-19(26)11-13)22-23(16)14-5-3-2-4-6-14/h2-6,12-13H,7-11H2,1H3,(H,21,25,26)/t12-/m0/s1. The molecule has 1 aliphatic carbocycles. The molecule has 134 valence electrons. The number of rotatable bonds is 3. The van der Waals surface area contributed by atoms with Crippen LogP contribution < -0.4 is 5.32 Å². The summed E-state index contributed by atoms with van der Waals surface area (Å²) in [6.07, 6.45) is 2.38. The molecule has 2 amide bonds. The molecular formula is C20H21N3O3. The highest BCUT2D eigenvalue weighted by Crippen LogP contribution is 2.32. The fraction of sp³-hybridized carbons (Fsp3) is 0.400. The molecule has 0 bridgehead atoms. The summed E-state index contributed by atoms with van der Waals surface area (Å²) >= 11 is 0. The molecule has 2 aliphatic rings. The van der Waals surface area contributed by atoms with Gasteiger partial charge >= 0.3 is 0 Å². The number of Topliss-reactive ketones (excluding diaryl/α,β-unsaturated/α-hetero) is 1. The lowest BCUT2D eigenvalue weighted by Gasteiger charge is -2.21. The van der Waals surface area contributed by atoms with E-state index in [9.17, 15) is 14.4 Å². The van der Waals surface area contributed by atoms with Crippen LogP contribution in [0.5, 0.6) is 0 Å². The lowest BCUT2D eigenvalue weighted by atomic mass is 9.84. The van der Waals surface area contributed by atoms with Crippen LogP contribution in [-0.4, -0.2) is 27.4 Å². The van der Waals surface area contributed by atoms with Gasteiger partial charge in [-0.05, 0) is 36.8 Å². The van der Waals surface area contributed by atoms with Crippen molar-refractivity contribution in [3.8, 4) is 5.69 Å². The van der Waals surface area contributed by atoms with E-state index in [0.717, 1.165) is 17.8 Å². The largest absolute Gasteiger partial charge is 0.296 e. The lowest BCUT2D eigenvalue weighted by Crippen LogP contribution is -2.39. The van der Waals surface area contributed by atoms with Crippen molar-refractivity contribution in [1.29, 1.82) is 0 Å². The molecular weight excluding hydrogens is 330 g/mol. The van der Waals surface area contributed by atoms with E-state index in [1.165, 1.54) is 0 Å². The van der Waals surface area contributed by atoms with Gasteiger partial charge in [0.05, 0.1) is 22.6 Å². The summed E-state index contributed by atoms with van der Waals surface area (Å²) in [5, 5.41) is 7.08. The average Bonchev–Trinajstić information content (AvgIpc) is 2.93. The van der Waals surface area contributed by atoms with Gasteiger partial charge in [-0.2, -0.15) is 5.10 Å². The number of nitrogens with one attached hydrogen (secondary N) is 1. The maximum absolute atomic E-state index is 12.7. The molecule has 0 unspecified atom stereocenters. The highest BCUT2D eigenvalue weighted by atomic mass is 16.2. The Morgan fingerprint density at radius 3 is 2.42 bits per heavy atom. The van der Waals surface area contributed by atoms with E-state index < -0.39 is 0 Å². The molecule has 1 saturated heterocycles. The van der Waals surface area contributed by atoms with Gasteiger partial charge in [-0.15, -0.1) is 0 Å². The summed E-state index contributed by atoms with van der Waals surface area (Å²) in [6.45, 7) is 2.08. The van der Waals surface area contributed by atoms with Crippen molar-refractivity contribution in [1.82, 2.24) is 15.1 Å². The first-order chi connectivity index (χ1) is 12.5. The van der Waals surface area contributed by atoms with Gasteiger partial charge in [0.15, 0.2) is 5.78 Å². The number of carbonyl (C=O) groups excluding carboxylic acids is 3. The number of nitrogens with zero attached hydrogens (tertiary/aromatic N) is 2. The zero-order valence-electron chi connectivity index (χ0n) is 14.7. The number of fused-ring (bicyclic) bond motifs is 1. The number of ketones is 1. The van der Waals surface area contributed by atoms with Gasteiger partial charge in [-0.25, -0.2) is 4.68 Å². The molecule has 1 N–H and O–H groups in total. The normalized spacial score (nSPS) is 20.8. The van der Waals surface area contributed by atoms with E-state index in [1.54, 1.807) is 0 Å². The number of para-hydroxylation sites is 1. The zero-order valence-corrected chi connectivity index (χ0v) is 14.7. The molecule has 1 atom stereocenters. The molecule has 1 aliphatic heterocycles. The molecule has 1 fully saturated rings. The summed E-state index contributed by atoms with van der Waals surface area (Å²) in [7, 11) is 0. The quantitative estimate of drug-likeness (QED) is 0.860. The van der Waals surface area contributed by atoms with Crippen LogP contribution in [0.4, 0.5) is 0 Å². The Labute approximate surface area is 151 Å². The van der Waals surface area contributed by atoms with E-state index in [0.29, 0.717) is 36.9 Å². The van der Waals surface area contributed by atoms with Crippen LogP contribution in [0.15, 0.2) is 30.3 Å². The average molecular weight is 351 g/mol. The number of benzene rings is 1. The Balaban J connectivity index is 1.74. The fourth-order valence-electron chi connectivity index (χ4n) is 4.03. The smallest absolute Gasteiger partial charge is 0.226 e. The minimum absolute atomic E-state index is 0.105. The zero-order chi connectivity index (χ0) is 18.3. The summed E-state index contributed by atoms with van der Waals surface area (Å²) < 4.78 is 1.86. The van der Waals surface area contributed by atoms with Gasteiger partial charge < -0.3 is 0 Å². The molecule has 1 aromatic carbocycles. The van der Waals surface area contributed by atoms with E-state index >= 15 is 0 Å². The van der Waals surface area contributed by atoms with E-state index in [4.69, 9.17) is 5.10 Å². The van der Waals surface area contributed by atoms with Crippen molar-refractivity contribution in [2.24, 2.45) is 11.8 Å². The molecule has 6 nitrogen and oxygen atoms in total. The maximum atomic E-state index is 12.7. The number of hydrogen-bond donors (Lipinski definition) is 1. The second-order valence-corrected chi connectivity index (χ2v) is 7.40. The number of piperidine rings is 1. The molecule has 0 saturated carbocycles. The predicted octanol–water partition coefficient (Wildman–Crippen LogP) is 2.23.